The second-order valence-corrected chi connectivity index (χ2v) is 9.96. The highest BCUT2D eigenvalue weighted by atomic mass is 14.3. The minimum Gasteiger partial charge on any atom is -0.0654 e. The van der Waals surface area contributed by atoms with Crippen molar-refractivity contribution in [2.24, 2.45) is 11.3 Å². The standard InChI is InChI=1S/C27H56/c1-6-9-12-15-17-19-21-24-26(23-20-18-16-13-10-7-2)27(4,5)25-22-14-11-8-3/h26H,6-25H2,1-5H3. The molecule has 0 bridgehead atoms. The molecular formula is C27H56. The van der Waals surface area contributed by atoms with E-state index >= 15 is 0 Å². The van der Waals surface area contributed by atoms with Crippen molar-refractivity contribution in [3.63, 3.8) is 0 Å². The van der Waals surface area contributed by atoms with E-state index in [9.17, 15) is 0 Å². The molecule has 1 atom stereocenters. The summed E-state index contributed by atoms with van der Waals surface area (Å²) in [7, 11) is 0. The Morgan fingerprint density at radius 1 is 0.444 bits per heavy atom. The van der Waals surface area contributed by atoms with Crippen molar-refractivity contribution in [2.75, 3.05) is 0 Å². The zero-order chi connectivity index (χ0) is 20.2. The van der Waals surface area contributed by atoms with E-state index in [1.54, 1.807) is 0 Å². The van der Waals surface area contributed by atoms with Gasteiger partial charge in [0.1, 0.15) is 0 Å². The molecule has 0 aliphatic rings. The van der Waals surface area contributed by atoms with Gasteiger partial charge in [-0.1, -0.05) is 144 Å². The Balaban J connectivity index is 4.21. The molecule has 0 heteroatoms. The fourth-order valence-corrected chi connectivity index (χ4v) is 4.66. The first-order valence-electron chi connectivity index (χ1n) is 13.1. The van der Waals surface area contributed by atoms with Crippen molar-refractivity contribution in [1.29, 1.82) is 0 Å². The van der Waals surface area contributed by atoms with Crippen LogP contribution in [0.1, 0.15) is 163 Å². The van der Waals surface area contributed by atoms with Crippen LogP contribution >= 0.6 is 0 Å². The van der Waals surface area contributed by atoms with E-state index < -0.39 is 0 Å². The van der Waals surface area contributed by atoms with E-state index in [0.29, 0.717) is 5.41 Å². The first-order valence-corrected chi connectivity index (χ1v) is 13.1. The Kier molecular flexibility index (Phi) is 19.3. The fraction of sp³-hybridized carbons (Fsp3) is 1.00. The average molecular weight is 381 g/mol. The van der Waals surface area contributed by atoms with Crippen LogP contribution < -0.4 is 0 Å². The van der Waals surface area contributed by atoms with Gasteiger partial charge in [0.25, 0.3) is 0 Å². The molecule has 0 aromatic heterocycles. The zero-order valence-electron chi connectivity index (χ0n) is 20.2. The van der Waals surface area contributed by atoms with Gasteiger partial charge in [0.2, 0.25) is 0 Å². The summed E-state index contributed by atoms with van der Waals surface area (Å²) in [4.78, 5) is 0. The normalized spacial score (nSPS) is 13.2. The highest BCUT2D eigenvalue weighted by Crippen LogP contribution is 2.39. The first-order chi connectivity index (χ1) is 13.1. The SMILES string of the molecule is CCCCCCCCCC(CCCCCCCC)C(C)(C)CCCCCC. The molecule has 27 heavy (non-hydrogen) atoms. The third kappa shape index (κ3) is 16.6. The van der Waals surface area contributed by atoms with Gasteiger partial charge in [-0.3, -0.25) is 0 Å². The van der Waals surface area contributed by atoms with E-state index in [0.717, 1.165) is 5.92 Å². The Bertz CT molecular complexity index is 278. The Morgan fingerprint density at radius 3 is 1.19 bits per heavy atom. The molecule has 0 nitrogen and oxygen atoms in total. The molecule has 0 aromatic carbocycles. The van der Waals surface area contributed by atoms with E-state index in [-0.39, 0.29) is 0 Å². The van der Waals surface area contributed by atoms with Crippen molar-refractivity contribution >= 4 is 0 Å². The van der Waals surface area contributed by atoms with Crippen LogP contribution in [0.15, 0.2) is 0 Å². The molecule has 0 amide bonds. The van der Waals surface area contributed by atoms with Crippen LogP contribution in [0.3, 0.4) is 0 Å². The zero-order valence-corrected chi connectivity index (χ0v) is 20.2. The first kappa shape index (κ1) is 27.0. The van der Waals surface area contributed by atoms with Crippen LogP contribution in [0, 0.1) is 11.3 Å². The third-order valence-corrected chi connectivity index (χ3v) is 6.84. The molecule has 0 fully saturated rings. The minimum absolute atomic E-state index is 0.555. The fourth-order valence-electron chi connectivity index (χ4n) is 4.66. The number of hydrogen-bond donors (Lipinski definition) is 0. The molecule has 0 aliphatic heterocycles. The summed E-state index contributed by atoms with van der Waals surface area (Å²) in [5.41, 5.74) is 0.555. The largest absolute Gasteiger partial charge is 0.0654 e. The maximum atomic E-state index is 2.59. The van der Waals surface area contributed by atoms with Gasteiger partial charge >= 0.3 is 0 Å². The lowest BCUT2D eigenvalue weighted by atomic mass is 9.70. The Hall–Kier alpha value is 0. The molecule has 0 aliphatic carbocycles. The quantitative estimate of drug-likeness (QED) is 0.174. The molecular weight excluding hydrogens is 324 g/mol. The van der Waals surface area contributed by atoms with E-state index in [1.165, 1.54) is 128 Å². The highest BCUT2D eigenvalue weighted by molar-refractivity contribution is 4.79. The summed E-state index contributed by atoms with van der Waals surface area (Å²) < 4.78 is 0. The predicted octanol–water partition coefficient (Wildman–Crippen LogP) is 10.5. The minimum atomic E-state index is 0.555. The van der Waals surface area contributed by atoms with Gasteiger partial charge in [-0.2, -0.15) is 0 Å². The van der Waals surface area contributed by atoms with E-state index in [1.807, 2.05) is 0 Å². The van der Waals surface area contributed by atoms with Crippen LogP contribution in [0.2, 0.25) is 0 Å². The molecule has 0 saturated heterocycles. The third-order valence-electron chi connectivity index (χ3n) is 6.84. The maximum Gasteiger partial charge on any atom is -0.0326 e. The number of hydrogen-bond acceptors (Lipinski definition) is 0. The molecule has 0 aromatic rings. The lowest BCUT2D eigenvalue weighted by Gasteiger charge is -2.35. The lowest BCUT2D eigenvalue weighted by molar-refractivity contribution is 0.158. The number of unbranched alkanes of at least 4 members (excludes halogenated alkanes) is 14. The second-order valence-electron chi connectivity index (χ2n) is 9.96. The van der Waals surface area contributed by atoms with E-state index in [4.69, 9.17) is 0 Å². The molecule has 0 rings (SSSR count). The van der Waals surface area contributed by atoms with Crippen molar-refractivity contribution in [2.45, 2.75) is 163 Å². The lowest BCUT2D eigenvalue weighted by Crippen LogP contribution is -2.24. The van der Waals surface area contributed by atoms with Crippen LogP contribution in [-0.2, 0) is 0 Å². The van der Waals surface area contributed by atoms with Gasteiger partial charge in [-0.05, 0) is 30.6 Å². The monoisotopic (exact) mass is 380 g/mol. The Labute approximate surface area is 174 Å². The van der Waals surface area contributed by atoms with Gasteiger partial charge in [0.15, 0.2) is 0 Å². The van der Waals surface area contributed by atoms with E-state index in [2.05, 4.69) is 34.6 Å². The van der Waals surface area contributed by atoms with Crippen LogP contribution in [0.4, 0.5) is 0 Å². The molecule has 0 N–H and O–H groups in total. The van der Waals surface area contributed by atoms with Crippen molar-refractivity contribution in [3.05, 3.63) is 0 Å². The topological polar surface area (TPSA) is 0 Å². The molecule has 164 valence electrons. The summed E-state index contributed by atoms with van der Waals surface area (Å²) >= 11 is 0. The van der Waals surface area contributed by atoms with Gasteiger partial charge in [-0.15, -0.1) is 0 Å². The van der Waals surface area contributed by atoms with Gasteiger partial charge < -0.3 is 0 Å². The molecule has 0 radical (unpaired) electrons. The smallest absolute Gasteiger partial charge is 0.0326 e. The summed E-state index contributed by atoms with van der Waals surface area (Å²) in [6, 6.07) is 0. The van der Waals surface area contributed by atoms with Gasteiger partial charge in [-0.25, -0.2) is 0 Å². The summed E-state index contributed by atoms with van der Waals surface area (Å²) in [5, 5.41) is 0. The molecule has 1 unspecified atom stereocenters. The van der Waals surface area contributed by atoms with Crippen LogP contribution in [0.5, 0.6) is 0 Å². The Morgan fingerprint density at radius 2 is 0.778 bits per heavy atom. The highest BCUT2D eigenvalue weighted by Gasteiger charge is 2.28. The van der Waals surface area contributed by atoms with Crippen LogP contribution in [0.25, 0.3) is 0 Å². The second kappa shape index (κ2) is 19.3. The summed E-state index contributed by atoms with van der Waals surface area (Å²) in [6.45, 7) is 12.1. The number of rotatable bonds is 21. The average Bonchev–Trinajstić information content (AvgIpc) is 2.65. The van der Waals surface area contributed by atoms with Gasteiger partial charge in [0.05, 0.1) is 0 Å². The van der Waals surface area contributed by atoms with Crippen molar-refractivity contribution in [1.82, 2.24) is 0 Å². The van der Waals surface area contributed by atoms with Crippen LogP contribution in [-0.4, -0.2) is 0 Å². The molecule has 0 saturated carbocycles. The summed E-state index contributed by atoms with van der Waals surface area (Å²) in [6.07, 6.45) is 28.9. The predicted molar refractivity (Wildman–Crippen MR) is 127 cm³/mol. The van der Waals surface area contributed by atoms with Crippen molar-refractivity contribution < 1.29 is 0 Å². The molecule has 0 spiro atoms. The molecule has 0 heterocycles. The van der Waals surface area contributed by atoms with Crippen molar-refractivity contribution in [3.8, 4) is 0 Å². The van der Waals surface area contributed by atoms with Gasteiger partial charge in [0, 0.05) is 0 Å². The maximum absolute atomic E-state index is 2.59. The summed E-state index contributed by atoms with van der Waals surface area (Å²) in [5.74, 6) is 0.959.